The van der Waals surface area contributed by atoms with Gasteiger partial charge in [-0.3, -0.25) is 9.59 Å². The Balaban J connectivity index is 2.03. The van der Waals surface area contributed by atoms with Crippen molar-refractivity contribution in [2.75, 3.05) is 7.05 Å². The fraction of sp³-hybridized carbons (Fsp3) is 0.500. The first-order valence-electron chi connectivity index (χ1n) is 7.24. The largest absolute Gasteiger partial charge is 0.481 e. The number of carbonyl (C=O) groups excluding carboxylic acids is 1. The summed E-state index contributed by atoms with van der Waals surface area (Å²) in [4.78, 5) is 22.5. The van der Waals surface area contributed by atoms with Gasteiger partial charge in [0.2, 0.25) is 0 Å². The highest BCUT2D eigenvalue weighted by atomic mass is 19.1. The summed E-state index contributed by atoms with van der Waals surface area (Å²) in [6.45, 7) is 0. The highest BCUT2D eigenvalue weighted by molar-refractivity contribution is 5.94. The van der Waals surface area contributed by atoms with Gasteiger partial charge in [-0.05, 0) is 61.8 Å². The molecule has 0 radical (unpaired) electrons. The SMILES string of the molecule is CNC(=O)c1ccc(F)c(C[C@H]2CC[C@H](C(=O)O)CC2)c1. The maximum atomic E-state index is 13.9. The summed E-state index contributed by atoms with van der Waals surface area (Å²) < 4.78 is 13.9. The predicted octanol–water partition coefficient (Wildman–Crippen LogP) is 2.62. The number of carboxylic acid groups (broad SMARTS) is 1. The topological polar surface area (TPSA) is 66.4 Å². The molecule has 0 unspecified atom stereocenters. The molecule has 0 saturated heterocycles. The number of hydrogen-bond acceptors (Lipinski definition) is 2. The van der Waals surface area contributed by atoms with Gasteiger partial charge in [-0.25, -0.2) is 4.39 Å². The van der Waals surface area contributed by atoms with Gasteiger partial charge in [0.15, 0.2) is 0 Å². The van der Waals surface area contributed by atoms with Crippen LogP contribution in [0.15, 0.2) is 18.2 Å². The van der Waals surface area contributed by atoms with E-state index in [1.165, 1.54) is 12.1 Å². The van der Waals surface area contributed by atoms with Crippen LogP contribution in [0.25, 0.3) is 0 Å². The van der Waals surface area contributed by atoms with Crippen LogP contribution in [-0.2, 0) is 11.2 Å². The van der Waals surface area contributed by atoms with E-state index in [4.69, 9.17) is 5.11 Å². The summed E-state index contributed by atoms with van der Waals surface area (Å²) in [5, 5.41) is 11.5. The molecule has 1 aliphatic carbocycles. The van der Waals surface area contributed by atoms with Crippen LogP contribution in [0.2, 0.25) is 0 Å². The van der Waals surface area contributed by atoms with E-state index in [0.29, 0.717) is 30.4 Å². The number of benzene rings is 1. The van der Waals surface area contributed by atoms with Crippen molar-refractivity contribution in [2.24, 2.45) is 11.8 Å². The molecule has 1 saturated carbocycles. The molecule has 0 aromatic heterocycles. The summed E-state index contributed by atoms with van der Waals surface area (Å²) in [5.41, 5.74) is 0.989. The van der Waals surface area contributed by atoms with Crippen LogP contribution in [0.1, 0.15) is 41.6 Å². The van der Waals surface area contributed by atoms with Gasteiger partial charge in [-0.1, -0.05) is 0 Å². The molecule has 5 heteroatoms. The number of aliphatic carboxylic acids is 1. The van der Waals surface area contributed by atoms with Gasteiger partial charge >= 0.3 is 5.97 Å². The molecule has 4 nitrogen and oxygen atoms in total. The van der Waals surface area contributed by atoms with E-state index in [9.17, 15) is 14.0 Å². The van der Waals surface area contributed by atoms with Crippen molar-refractivity contribution in [1.29, 1.82) is 0 Å². The van der Waals surface area contributed by atoms with Crippen LogP contribution in [0, 0.1) is 17.7 Å². The quantitative estimate of drug-likeness (QED) is 0.896. The van der Waals surface area contributed by atoms with Crippen LogP contribution < -0.4 is 5.32 Å². The van der Waals surface area contributed by atoms with Crippen LogP contribution >= 0.6 is 0 Å². The van der Waals surface area contributed by atoms with E-state index in [1.54, 1.807) is 13.1 Å². The first-order chi connectivity index (χ1) is 10.0. The summed E-state index contributed by atoms with van der Waals surface area (Å²) >= 11 is 0. The van der Waals surface area contributed by atoms with Gasteiger partial charge in [-0.2, -0.15) is 0 Å². The van der Waals surface area contributed by atoms with Crippen molar-refractivity contribution < 1.29 is 19.1 Å². The number of carbonyl (C=O) groups is 2. The molecule has 0 spiro atoms. The van der Waals surface area contributed by atoms with E-state index in [1.807, 2.05) is 0 Å². The van der Waals surface area contributed by atoms with E-state index in [-0.39, 0.29) is 23.6 Å². The summed E-state index contributed by atoms with van der Waals surface area (Å²) in [6.07, 6.45) is 3.44. The number of halogens is 1. The zero-order chi connectivity index (χ0) is 15.4. The normalized spacial score (nSPS) is 21.8. The van der Waals surface area contributed by atoms with Crippen LogP contribution in [0.4, 0.5) is 4.39 Å². The monoisotopic (exact) mass is 293 g/mol. The minimum absolute atomic E-state index is 0.231. The first-order valence-corrected chi connectivity index (χ1v) is 7.24. The highest BCUT2D eigenvalue weighted by Crippen LogP contribution is 2.31. The van der Waals surface area contributed by atoms with E-state index < -0.39 is 5.97 Å². The number of rotatable bonds is 4. The van der Waals surface area contributed by atoms with Gasteiger partial charge in [-0.15, -0.1) is 0 Å². The Morgan fingerprint density at radius 1 is 1.29 bits per heavy atom. The third-order valence-corrected chi connectivity index (χ3v) is 4.24. The smallest absolute Gasteiger partial charge is 0.306 e. The second-order valence-corrected chi connectivity index (χ2v) is 5.65. The van der Waals surface area contributed by atoms with Crippen molar-refractivity contribution in [3.8, 4) is 0 Å². The van der Waals surface area contributed by atoms with Gasteiger partial charge < -0.3 is 10.4 Å². The lowest BCUT2D eigenvalue weighted by atomic mass is 9.79. The third kappa shape index (κ3) is 3.80. The predicted molar refractivity (Wildman–Crippen MR) is 76.6 cm³/mol. The molecular weight excluding hydrogens is 273 g/mol. The van der Waals surface area contributed by atoms with Crippen molar-refractivity contribution in [1.82, 2.24) is 5.32 Å². The van der Waals surface area contributed by atoms with Crippen LogP contribution in [-0.4, -0.2) is 24.0 Å². The van der Waals surface area contributed by atoms with Crippen LogP contribution in [0.3, 0.4) is 0 Å². The zero-order valence-corrected chi connectivity index (χ0v) is 12.1. The average Bonchev–Trinajstić information content (AvgIpc) is 2.49. The van der Waals surface area contributed by atoms with E-state index >= 15 is 0 Å². The lowest BCUT2D eigenvalue weighted by Crippen LogP contribution is -2.23. The molecule has 0 heterocycles. The van der Waals surface area contributed by atoms with Crippen molar-refractivity contribution in [2.45, 2.75) is 32.1 Å². The van der Waals surface area contributed by atoms with Crippen molar-refractivity contribution in [3.63, 3.8) is 0 Å². The van der Waals surface area contributed by atoms with Gasteiger partial charge in [0.05, 0.1) is 5.92 Å². The molecule has 0 aliphatic heterocycles. The minimum Gasteiger partial charge on any atom is -0.481 e. The Kier molecular flexibility index (Phi) is 4.94. The van der Waals surface area contributed by atoms with Crippen molar-refractivity contribution in [3.05, 3.63) is 35.1 Å². The Labute approximate surface area is 123 Å². The molecule has 0 atom stereocenters. The Hall–Kier alpha value is -1.91. The molecule has 2 N–H and O–H groups in total. The van der Waals surface area contributed by atoms with E-state index in [0.717, 1.165) is 12.8 Å². The van der Waals surface area contributed by atoms with Gasteiger partial charge in [0.25, 0.3) is 5.91 Å². The Morgan fingerprint density at radius 3 is 2.52 bits per heavy atom. The molecule has 1 aliphatic rings. The molecule has 0 bridgehead atoms. The number of carboxylic acids is 1. The summed E-state index contributed by atoms with van der Waals surface area (Å²) in [5.74, 6) is -1.24. The van der Waals surface area contributed by atoms with Gasteiger partial charge in [0, 0.05) is 12.6 Å². The number of hydrogen-bond donors (Lipinski definition) is 2. The molecule has 1 amide bonds. The second-order valence-electron chi connectivity index (χ2n) is 5.65. The molecule has 2 rings (SSSR count). The first kappa shape index (κ1) is 15.5. The zero-order valence-electron chi connectivity index (χ0n) is 12.1. The Morgan fingerprint density at radius 2 is 1.95 bits per heavy atom. The lowest BCUT2D eigenvalue weighted by molar-refractivity contribution is -0.143. The molecule has 21 heavy (non-hydrogen) atoms. The molecule has 1 fully saturated rings. The number of nitrogens with one attached hydrogen (secondary N) is 1. The van der Waals surface area contributed by atoms with E-state index in [2.05, 4.69) is 5.32 Å². The maximum Gasteiger partial charge on any atom is 0.306 e. The summed E-state index contributed by atoms with van der Waals surface area (Å²) in [6, 6.07) is 4.39. The molecular formula is C16H20FNO3. The maximum absolute atomic E-state index is 13.9. The molecule has 1 aromatic rings. The second kappa shape index (κ2) is 6.70. The van der Waals surface area contributed by atoms with Crippen LogP contribution in [0.5, 0.6) is 0 Å². The number of amides is 1. The Bertz CT molecular complexity index is 536. The highest BCUT2D eigenvalue weighted by Gasteiger charge is 2.26. The fourth-order valence-electron chi connectivity index (χ4n) is 2.94. The molecule has 114 valence electrons. The minimum atomic E-state index is -0.735. The fourth-order valence-corrected chi connectivity index (χ4v) is 2.94. The molecule has 1 aromatic carbocycles. The standard InChI is InChI=1S/C16H20FNO3/c1-18-15(19)12-6-7-14(17)13(9-12)8-10-2-4-11(5-3-10)16(20)21/h6-7,9-11H,2-5,8H2,1H3,(H,18,19)(H,20,21)/t10-,11-. The summed E-state index contributed by atoms with van der Waals surface area (Å²) in [7, 11) is 1.54. The lowest BCUT2D eigenvalue weighted by Gasteiger charge is -2.26. The van der Waals surface area contributed by atoms with Crippen molar-refractivity contribution >= 4 is 11.9 Å². The van der Waals surface area contributed by atoms with Gasteiger partial charge in [0.1, 0.15) is 5.82 Å². The average molecular weight is 293 g/mol. The third-order valence-electron chi connectivity index (χ3n) is 4.24.